The lowest BCUT2D eigenvalue weighted by molar-refractivity contribution is 0.0992. The Balaban J connectivity index is 1.74. The van der Waals surface area contributed by atoms with Gasteiger partial charge in [-0.3, -0.25) is 4.79 Å². The first kappa shape index (κ1) is 14.9. The fourth-order valence-electron chi connectivity index (χ4n) is 2.30. The molecule has 0 aliphatic carbocycles. The number of morpholine rings is 1. The summed E-state index contributed by atoms with van der Waals surface area (Å²) in [5.74, 6) is 0.647. The second-order valence-electron chi connectivity index (χ2n) is 4.95. The molecule has 22 heavy (non-hydrogen) atoms. The van der Waals surface area contributed by atoms with Crippen LogP contribution in [-0.4, -0.2) is 44.2 Å². The van der Waals surface area contributed by atoms with E-state index in [1.54, 1.807) is 19.3 Å². The van der Waals surface area contributed by atoms with Gasteiger partial charge in [-0.1, -0.05) is 0 Å². The molecule has 2 aromatic rings. The lowest BCUT2D eigenvalue weighted by Gasteiger charge is -2.28. The fourth-order valence-corrected chi connectivity index (χ4v) is 2.50. The Kier molecular flexibility index (Phi) is 4.31. The molecule has 6 nitrogen and oxygen atoms in total. The molecule has 1 aliphatic rings. The maximum Gasteiger partial charge on any atom is 0.262 e. The molecule has 1 amide bonds. The zero-order valence-electron chi connectivity index (χ0n) is 12.2. The summed E-state index contributed by atoms with van der Waals surface area (Å²) in [7, 11) is 1.68. The van der Waals surface area contributed by atoms with Crippen LogP contribution in [0.25, 0.3) is 0 Å². The lowest BCUT2D eigenvalue weighted by Crippen LogP contribution is -2.36. The number of pyridine rings is 1. The Bertz CT molecular complexity index is 650. The zero-order chi connectivity index (χ0) is 15.5. The molecule has 2 aromatic heterocycles. The highest BCUT2D eigenvalue weighted by molar-refractivity contribution is 6.32. The van der Waals surface area contributed by atoms with Crippen LogP contribution in [-0.2, 0) is 4.74 Å². The SMILES string of the molecule is CN(C(=O)c1ccoc1Cl)c1ccc(N2CCOCC2)nc1. The molecule has 1 saturated heterocycles. The number of amides is 1. The van der Waals surface area contributed by atoms with Crippen molar-refractivity contribution >= 4 is 29.0 Å². The maximum absolute atomic E-state index is 12.3. The number of halogens is 1. The molecular formula is C15H16ClN3O3. The van der Waals surface area contributed by atoms with Crippen LogP contribution in [0.15, 0.2) is 35.1 Å². The number of hydrogen-bond acceptors (Lipinski definition) is 5. The number of hydrogen-bond donors (Lipinski definition) is 0. The average molecular weight is 322 g/mol. The Hall–Kier alpha value is -2.05. The molecule has 0 bridgehead atoms. The van der Waals surface area contributed by atoms with Crippen LogP contribution in [0.4, 0.5) is 11.5 Å². The van der Waals surface area contributed by atoms with Gasteiger partial charge in [0.1, 0.15) is 5.82 Å². The molecule has 0 unspecified atom stereocenters. The number of rotatable bonds is 3. The van der Waals surface area contributed by atoms with Gasteiger partial charge in [-0.2, -0.15) is 0 Å². The highest BCUT2D eigenvalue weighted by atomic mass is 35.5. The number of carbonyl (C=O) groups excluding carboxylic acids is 1. The molecule has 0 aromatic carbocycles. The maximum atomic E-state index is 12.3. The van der Waals surface area contributed by atoms with Crippen molar-refractivity contribution in [2.75, 3.05) is 43.2 Å². The molecule has 0 radical (unpaired) electrons. The summed E-state index contributed by atoms with van der Waals surface area (Å²) in [5, 5.41) is 0.0924. The smallest absolute Gasteiger partial charge is 0.262 e. The van der Waals surface area contributed by atoms with E-state index < -0.39 is 0 Å². The standard InChI is InChI=1S/C15H16ClN3O3/c1-18(15(20)12-4-7-22-14(12)16)11-2-3-13(17-10-11)19-5-8-21-9-6-19/h2-4,7,10H,5-6,8-9H2,1H3. The predicted molar refractivity (Wildman–Crippen MR) is 83.7 cm³/mol. The van der Waals surface area contributed by atoms with Gasteiger partial charge in [0.25, 0.3) is 5.91 Å². The molecule has 3 rings (SSSR count). The van der Waals surface area contributed by atoms with E-state index in [0.29, 0.717) is 24.5 Å². The Morgan fingerprint density at radius 2 is 2.09 bits per heavy atom. The van der Waals surface area contributed by atoms with E-state index in [1.165, 1.54) is 11.2 Å². The van der Waals surface area contributed by atoms with E-state index in [-0.39, 0.29) is 11.1 Å². The third-order valence-corrected chi connectivity index (χ3v) is 3.90. The van der Waals surface area contributed by atoms with Gasteiger partial charge in [0.15, 0.2) is 0 Å². The van der Waals surface area contributed by atoms with Crippen molar-refractivity contribution in [3.05, 3.63) is 41.4 Å². The van der Waals surface area contributed by atoms with E-state index >= 15 is 0 Å². The summed E-state index contributed by atoms with van der Waals surface area (Å²) in [4.78, 5) is 20.4. The van der Waals surface area contributed by atoms with Crippen molar-refractivity contribution in [2.24, 2.45) is 0 Å². The normalized spacial score (nSPS) is 14.9. The largest absolute Gasteiger partial charge is 0.452 e. The van der Waals surface area contributed by atoms with E-state index in [0.717, 1.165) is 18.9 Å². The number of aromatic nitrogens is 1. The van der Waals surface area contributed by atoms with E-state index in [4.69, 9.17) is 20.8 Å². The molecule has 116 valence electrons. The van der Waals surface area contributed by atoms with Gasteiger partial charge in [0, 0.05) is 20.1 Å². The fraction of sp³-hybridized carbons (Fsp3) is 0.333. The van der Waals surface area contributed by atoms with Crippen molar-refractivity contribution in [1.82, 2.24) is 4.98 Å². The van der Waals surface area contributed by atoms with E-state index in [1.807, 2.05) is 12.1 Å². The molecule has 7 heteroatoms. The number of nitrogens with zero attached hydrogens (tertiary/aromatic N) is 3. The van der Waals surface area contributed by atoms with E-state index in [9.17, 15) is 4.79 Å². The minimum absolute atomic E-state index is 0.0924. The third-order valence-electron chi connectivity index (χ3n) is 3.61. The zero-order valence-corrected chi connectivity index (χ0v) is 12.9. The van der Waals surface area contributed by atoms with Crippen LogP contribution in [0.2, 0.25) is 5.22 Å². The Labute approximate surface area is 133 Å². The summed E-state index contributed by atoms with van der Waals surface area (Å²) in [6.45, 7) is 3.07. The number of furan rings is 1. The summed E-state index contributed by atoms with van der Waals surface area (Å²) < 4.78 is 10.3. The second kappa shape index (κ2) is 6.37. The first-order valence-electron chi connectivity index (χ1n) is 6.96. The van der Waals surface area contributed by atoms with Crippen molar-refractivity contribution < 1.29 is 13.9 Å². The summed E-state index contributed by atoms with van der Waals surface area (Å²) in [6.07, 6.45) is 3.07. The van der Waals surface area contributed by atoms with Gasteiger partial charge in [-0.25, -0.2) is 4.98 Å². The van der Waals surface area contributed by atoms with E-state index in [2.05, 4.69) is 9.88 Å². The summed E-state index contributed by atoms with van der Waals surface area (Å²) in [6, 6.07) is 5.32. The van der Waals surface area contributed by atoms with Crippen molar-refractivity contribution in [3.8, 4) is 0 Å². The monoisotopic (exact) mass is 321 g/mol. The van der Waals surface area contributed by atoms with Crippen molar-refractivity contribution in [3.63, 3.8) is 0 Å². The average Bonchev–Trinajstić information content (AvgIpc) is 3.00. The highest BCUT2D eigenvalue weighted by Crippen LogP contribution is 2.22. The van der Waals surface area contributed by atoms with Gasteiger partial charge in [-0.05, 0) is 29.8 Å². The molecule has 0 atom stereocenters. The molecule has 0 spiro atoms. The second-order valence-corrected chi connectivity index (χ2v) is 5.29. The highest BCUT2D eigenvalue weighted by Gasteiger charge is 2.19. The van der Waals surface area contributed by atoms with Gasteiger partial charge in [0.05, 0.1) is 36.9 Å². The lowest BCUT2D eigenvalue weighted by atomic mass is 10.2. The minimum Gasteiger partial charge on any atom is -0.452 e. The number of ether oxygens (including phenoxy) is 1. The predicted octanol–water partition coefficient (Wildman–Crippen LogP) is 2.44. The summed E-state index contributed by atoms with van der Waals surface area (Å²) >= 11 is 5.84. The first-order valence-corrected chi connectivity index (χ1v) is 7.34. The molecule has 1 aliphatic heterocycles. The molecule has 0 saturated carbocycles. The quantitative estimate of drug-likeness (QED) is 0.869. The van der Waals surface area contributed by atoms with Crippen LogP contribution in [0.3, 0.4) is 0 Å². The number of anilines is 2. The van der Waals surface area contributed by atoms with Gasteiger partial charge in [-0.15, -0.1) is 0 Å². The van der Waals surface area contributed by atoms with Crippen LogP contribution in [0.1, 0.15) is 10.4 Å². The topological polar surface area (TPSA) is 58.8 Å². The molecule has 3 heterocycles. The first-order chi connectivity index (χ1) is 10.7. The number of carbonyl (C=O) groups is 1. The van der Waals surface area contributed by atoms with Gasteiger partial charge < -0.3 is 19.0 Å². The summed E-state index contributed by atoms with van der Waals surface area (Å²) in [5.41, 5.74) is 1.03. The molecule has 1 fully saturated rings. The molecular weight excluding hydrogens is 306 g/mol. The Morgan fingerprint density at radius 3 is 2.68 bits per heavy atom. The van der Waals surface area contributed by atoms with Crippen LogP contribution < -0.4 is 9.80 Å². The van der Waals surface area contributed by atoms with Crippen LogP contribution in [0.5, 0.6) is 0 Å². The van der Waals surface area contributed by atoms with Crippen LogP contribution >= 0.6 is 11.6 Å². The molecule has 0 N–H and O–H groups in total. The van der Waals surface area contributed by atoms with Gasteiger partial charge in [0.2, 0.25) is 5.22 Å². The van der Waals surface area contributed by atoms with Crippen LogP contribution in [0, 0.1) is 0 Å². The minimum atomic E-state index is -0.236. The third kappa shape index (κ3) is 2.93. The Morgan fingerprint density at radius 1 is 1.32 bits per heavy atom. The van der Waals surface area contributed by atoms with Gasteiger partial charge >= 0.3 is 0 Å². The van der Waals surface area contributed by atoms with Crippen molar-refractivity contribution in [1.29, 1.82) is 0 Å². The van der Waals surface area contributed by atoms with Crippen molar-refractivity contribution in [2.45, 2.75) is 0 Å².